The van der Waals surface area contributed by atoms with Crippen LogP contribution in [0.15, 0.2) is 24.3 Å². The van der Waals surface area contributed by atoms with Crippen molar-refractivity contribution < 1.29 is 23.5 Å². The van der Waals surface area contributed by atoms with Crippen LogP contribution in [-0.2, 0) is 16.6 Å². The summed E-state index contributed by atoms with van der Waals surface area (Å²) in [5.41, 5.74) is 1.30. The van der Waals surface area contributed by atoms with Crippen LogP contribution in [0.1, 0.15) is 21.7 Å². The minimum atomic E-state index is -0.985. The number of ketones is 1. The number of Topliss-reactive ketones (excluding diaryl/α,β-unsaturated/α-hetero) is 1. The predicted octanol–water partition coefficient (Wildman–Crippen LogP) is 1.98. The van der Waals surface area contributed by atoms with Gasteiger partial charge < -0.3 is 9.47 Å². The molecule has 2 rings (SSSR count). The van der Waals surface area contributed by atoms with Gasteiger partial charge in [-0.05, 0) is 26.0 Å². The highest BCUT2D eigenvalue weighted by molar-refractivity contribution is 6.41. The summed E-state index contributed by atoms with van der Waals surface area (Å²) in [6.45, 7) is 3.14. The molecule has 0 atom stereocenters. The van der Waals surface area contributed by atoms with Gasteiger partial charge >= 0.3 is 5.97 Å². The minimum Gasteiger partial charge on any atom is -0.487 e. The standard InChI is InChI=1S/C16H17FN2O4/c1-10-14(11(2)19(3)18-10)15(20)16(21)23-9-8-22-13-7-5-4-6-12(13)17/h4-7H,8-9H2,1-3H3. The Morgan fingerprint density at radius 1 is 1.22 bits per heavy atom. The summed E-state index contributed by atoms with van der Waals surface area (Å²) >= 11 is 0. The summed E-state index contributed by atoms with van der Waals surface area (Å²) in [4.78, 5) is 23.9. The molecule has 0 aliphatic heterocycles. The normalized spacial score (nSPS) is 10.4. The van der Waals surface area contributed by atoms with Crippen LogP contribution in [-0.4, -0.2) is 34.7 Å². The van der Waals surface area contributed by atoms with Crippen molar-refractivity contribution in [2.75, 3.05) is 13.2 Å². The van der Waals surface area contributed by atoms with Crippen LogP contribution in [0.2, 0.25) is 0 Å². The molecule has 0 amide bonds. The second-order valence-corrected chi connectivity index (χ2v) is 4.91. The second-order valence-electron chi connectivity index (χ2n) is 4.91. The molecule has 0 aliphatic rings. The van der Waals surface area contributed by atoms with Crippen LogP contribution in [0.3, 0.4) is 0 Å². The Morgan fingerprint density at radius 3 is 2.52 bits per heavy atom. The number of carbonyl (C=O) groups is 2. The lowest BCUT2D eigenvalue weighted by atomic mass is 10.1. The van der Waals surface area contributed by atoms with E-state index in [1.165, 1.54) is 16.8 Å². The Labute approximate surface area is 132 Å². The molecular formula is C16H17FN2O4. The van der Waals surface area contributed by atoms with Gasteiger partial charge in [-0.3, -0.25) is 9.48 Å². The van der Waals surface area contributed by atoms with Crippen LogP contribution < -0.4 is 4.74 Å². The number of hydrogen-bond acceptors (Lipinski definition) is 5. The molecule has 0 fully saturated rings. The van der Waals surface area contributed by atoms with Crippen molar-refractivity contribution >= 4 is 11.8 Å². The van der Waals surface area contributed by atoms with Gasteiger partial charge in [-0.15, -0.1) is 0 Å². The average molecular weight is 320 g/mol. The fourth-order valence-corrected chi connectivity index (χ4v) is 2.12. The summed E-state index contributed by atoms with van der Waals surface area (Å²) in [5, 5.41) is 4.08. The van der Waals surface area contributed by atoms with Gasteiger partial charge in [-0.1, -0.05) is 12.1 Å². The van der Waals surface area contributed by atoms with E-state index in [-0.39, 0.29) is 24.5 Å². The van der Waals surface area contributed by atoms with Gasteiger partial charge in [0, 0.05) is 12.7 Å². The van der Waals surface area contributed by atoms with Crippen molar-refractivity contribution in [2.45, 2.75) is 13.8 Å². The maximum absolute atomic E-state index is 13.3. The van der Waals surface area contributed by atoms with Gasteiger partial charge in [0.1, 0.15) is 13.2 Å². The number of halogens is 1. The number of rotatable bonds is 6. The highest BCUT2D eigenvalue weighted by Gasteiger charge is 2.25. The third kappa shape index (κ3) is 3.74. The largest absolute Gasteiger partial charge is 0.487 e. The molecule has 0 saturated carbocycles. The van der Waals surface area contributed by atoms with Gasteiger partial charge in [0.25, 0.3) is 5.78 Å². The van der Waals surface area contributed by atoms with E-state index >= 15 is 0 Å². The number of carbonyl (C=O) groups excluding carboxylic acids is 2. The summed E-state index contributed by atoms with van der Waals surface area (Å²) in [6.07, 6.45) is 0. The van der Waals surface area contributed by atoms with Crippen molar-refractivity contribution in [1.29, 1.82) is 0 Å². The van der Waals surface area contributed by atoms with Gasteiger partial charge in [0.05, 0.1) is 11.3 Å². The third-order valence-electron chi connectivity index (χ3n) is 3.33. The van der Waals surface area contributed by atoms with Crippen LogP contribution in [0, 0.1) is 19.7 Å². The van der Waals surface area contributed by atoms with E-state index in [0.29, 0.717) is 11.4 Å². The molecule has 6 nitrogen and oxygen atoms in total. The highest BCUT2D eigenvalue weighted by Crippen LogP contribution is 2.15. The van der Waals surface area contributed by atoms with Gasteiger partial charge in [-0.25, -0.2) is 9.18 Å². The number of esters is 1. The first kappa shape index (κ1) is 16.7. The molecule has 1 aromatic carbocycles. The van der Waals surface area contributed by atoms with E-state index in [2.05, 4.69) is 5.10 Å². The van der Waals surface area contributed by atoms with Crippen molar-refractivity contribution in [3.05, 3.63) is 47.0 Å². The molecular weight excluding hydrogens is 303 g/mol. The molecule has 7 heteroatoms. The summed E-state index contributed by atoms with van der Waals surface area (Å²) in [7, 11) is 1.69. The van der Waals surface area contributed by atoms with Crippen molar-refractivity contribution in [2.24, 2.45) is 7.05 Å². The summed E-state index contributed by atoms with van der Waals surface area (Å²) in [5.74, 6) is -2.18. The molecule has 122 valence electrons. The molecule has 0 N–H and O–H groups in total. The lowest BCUT2D eigenvalue weighted by molar-refractivity contribution is -0.138. The zero-order valence-corrected chi connectivity index (χ0v) is 13.1. The molecule has 0 unspecified atom stereocenters. The van der Waals surface area contributed by atoms with Crippen LogP contribution in [0.25, 0.3) is 0 Å². The lowest BCUT2D eigenvalue weighted by Crippen LogP contribution is -2.21. The zero-order chi connectivity index (χ0) is 17.0. The van der Waals surface area contributed by atoms with Gasteiger partial charge in [0.15, 0.2) is 11.6 Å². The number of aromatic nitrogens is 2. The highest BCUT2D eigenvalue weighted by atomic mass is 19.1. The number of benzene rings is 1. The lowest BCUT2D eigenvalue weighted by Gasteiger charge is -2.07. The third-order valence-corrected chi connectivity index (χ3v) is 3.33. The Balaban J connectivity index is 1.88. The second kappa shape index (κ2) is 7.04. The van der Waals surface area contributed by atoms with Crippen LogP contribution in [0.4, 0.5) is 4.39 Å². The fraction of sp³-hybridized carbons (Fsp3) is 0.312. The Morgan fingerprint density at radius 2 is 1.91 bits per heavy atom. The average Bonchev–Trinajstić information content (AvgIpc) is 2.77. The topological polar surface area (TPSA) is 70.4 Å². The number of para-hydroxylation sites is 1. The molecule has 1 heterocycles. The van der Waals surface area contributed by atoms with Gasteiger partial charge in [-0.2, -0.15) is 5.10 Å². The molecule has 0 bridgehead atoms. The maximum Gasteiger partial charge on any atom is 0.379 e. The number of ether oxygens (including phenoxy) is 2. The fourth-order valence-electron chi connectivity index (χ4n) is 2.12. The summed E-state index contributed by atoms with van der Waals surface area (Å²) < 4.78 is 24.9. The van der Waals surface area contributed by atoms with Gasteiger partial charge in [0.2, 0.25) is 0 Å². The quantitative estimate of drug-likeness (QED) is 0.352. The van der Waals surface area contributed by atoms with E-state index < -0.39 is 17.6 Å². The zero-order valence-electron chi connectivity index (χ0n) is 13.1. The Bertz CT molecular complexity index is 740. The van der Waals surface area contributed by atoms with E-state index in [9.17, 15) is 14.0 Å². The molecule has 0 spiro atoms. The number of hydrogen-bond donors (Lipinski definition) is 0. The predicted molar refractivity (Wildman–Crippen MR) is 79.9 cm³/mol. The van der Waals surface area contributed by atoms with E-state index in [1.807, 2.05) is 0 Å². The maximum atomic E-state index is 13.3. The van der Waals surface area contributed by atoms with Crippen molar-refractivity contribution in [1.82, 2.24) is 9.78 Å². The number of nitrogens with zero attached hydrogens (tertiary/aromatic N) is 2. The van der Waals surface area contributed by atoms with E-state index in [4.69, 9.17) is 9.47 Å². The SMILES string of the molecule is Cc1nn(C)c(C)c1C(=O)C(=O)OCCOc1ccccc1F. The minimum absolute atomic E-state index is 0.0506. The molecule has 0 aliphatic carbocycles. The Hall–Kier alpha value is -2.70. The van der Waals surface area contributed by atoms with E-state index in [1.54, 1.807) is 33.0 Å². The molecule has 0 radical (unpaired) electrons. The van der Waals surface area contributed by atoms with E-state index in [0.717, 1.165) is 0 Å². The molecule has 1 aromatic heterocycles. The Kier molecular flexibility index (Phi) is 5.10. The van der Waals surface area contributed by atoms with Crippen molar-refractivity contribution in [3.63, 3.8) is 0 Å². The van der Waals surface area contributed by atoms with Crippen LogP contribution in [0.5, 0.6) is 5.75 Å². The molecule has 0 saturated heterocycles. The monoisotopic (exact) mass is 320 g/mol. The van der Waals surface area contributed by atoms with Crippen molar-refractivity contribution in [3.8, 4) is 5.75 Å². The first-order valence-electron chi connectivity index (χ1n) is 7.00. The molecule has 2 aromatic rings. The van der Waals surface area contributed by atoms with Crippen LogP contribution >= 0.6 is 0 Å². The first-order valence-corrected chi connectivity index (χ1v) is 7.00. The first-order chi connectivity index (χ1) is 10.9. The molecule has 23 heavy (non-hydrogen) atoms. The summed E-state index contributed by atoms with van der Waals surface area (Å²) in [6, 6.07) is 5.89. The number of aryl methyl sites for hydroxylation is 2. The smallest absolute Gasteiger partial charge is 0.379 e.